The minimum absolute atomic E-state index is 0.0923. The van der Waals surface area contributed by atoms with E-state index in [1.165, 1.54) is 4.90 Å². The van der Waals surface area contributed by atoms with Crippen LogP contribution in [0.4, 0.5) is 5.69 Å². The van der Waals surface area contributed by atoms with Crippen LogP contribution < -0.4 is 9.64 Å². The van der Waals surface area contributed by atoms with Crippen molar-refractivity contribution >= 4 is 23.1 Å². The van der Waals surface area contributed by atoms with E-state index in [1.54, 1.807) is 14.2 Å². The van der Waals surface area contributed by atoms with Gasteiger partial charge in [-0.3, -0.25) is 9.59 Å². The maximum absolute atomic E-state index is 13.3. The van der Waals surface area contributed by atoms with Crippen LogP contribution in [0, 0.1) is 6.92 Å². The number of carbonyl (C=O) groups is 2. The molecule has 7 heteroatoms. The highest BCUT2D eigenvalue weighted by Gasteiger charge is 2.46. The second kappa shape index (κ2) is 11.6. The molecule has 1 aliphatic rings. The zero-order chi connectivity index (χ0) is 26.6. The number of aryl methyl sites for hydroxylation is 1. The van der Waals surface area contributed by atoms with Crippen LogP contribution in [-0.4, -0.2) is 62.2 Å². The second-order valence-electron chi connectivity index (χ2n) is 9.31. The molecular formula is C29H38N2O5. The summed E-state index contributed by atoms with van der Waals surface area (Å²) in [4.78, 5) is 30.1. The number of aliphatic hydroxyl groups excluding tert-OH is 1. The standard InChI is InChI=1S/C29H38N2O5/c1-8-30(9-2)21-12-10-20(11-13-21)26-25(28(33)29(34)31(26)14-15-35-6)27(32)23-17-22(18(3)4)24(36-7)16-19(23)5/h10-13,16-18,26,32H,8-9,14-15H2,1-7H3/b27-25+. The SMILES string of the molecule is CCN(CC)c1ccc(C2/C(=C(\O)c3cc(C(C)C)c(OC)cc3C)C(=O)C(=O)N2CCOC)cc1. The summed E-state index contributed by atoms with van der Waals surface area (Å²) in [6.07, 6.45) is 0. The number of carbonyl (C=O) groups excluding carboxylic acids is 2. The van der Waals surface area contributed by atoms with Crippen molar-refractivity contribution in [2.75, 3.05) is 45.4 Å². The average molecular weight is 495 g/mol. The van der Waals surface area contributed by atoms with Gasteiger partial charge in [-0.05, 0) is 67.6 Å². The van der Waals surface area contributed by atoms with Gasteiger partial charge >= 0.3 is 0 Å². The number of nitrogens with zero attached hydrogens (tertiary/aromatic N) is 2. The number of hydrogen-bond acceptors (Lipinski definition) is 6. The van der Waals surface area contributed by atoms with Crippen LogP contribution in [0.25, 0.3) is 5.76 Å². The van der Waals surface area contributed by atoms with Crippen LogP contribution in [0.15, 0.2) is 42.0 Å². The Labute approximate surface area is 214 Å². The van der Waals surface area contributed by atoms with E-state index in [1.807, 2.05) is 57.2 Å². The molecule has 0 saturated carbocycles. The third kappa shape index (κ3) is 5.12. The lowest BCUT2D eigenvalue weighted by molar-refractivity contribution is -0.140. The molecule has 36 heavy (non-hydrogen) atoms. The first kappa shape index (κ1) is 27.3. The molecule has 1 aliphatic heterocycles. The number of ketones is 1. The highest BCUT2D eigenvalue weighted by atomic mass is 16.5. The van der Waals surface area contributed by atoms with Crippen molar-refractivity contribution in [1.29, 1.82) is 0 Å². The topological polar surface area (TPSA) is 79.3 Å². The van der Waals surface area contributed by atoms with Gasteiger partial charge in [0.2, 0.25) is 0 Å². The van der Waals surface area contributed by atoms with Crippen molar-refractivity contribution < 1.29 is 24.2 Å². The summed E-state index contributed by atoms with van der Waals surface area (Å²) >= 11 is 0. The first-order valence-electron chi connectivity index (χ1n) is 12.5. The van der Waals surface area contributed by atoms with E-state index in [9.17, 15) is 14.7 Å². The minimum Gasteiger partial charge on any atom is -0.507 e. The van der Waals surface area contributed by atoms with Gasteiger partial charge in [0.25, 0.3) is 11.7 Å². The van der Waals surface area contributed by atoms with Crippen molar-refractivity contribution in [2.24, 2.45) is 0 Å². The zero-order valence-electron chi connectivity index (χ0n) is 22.4. The molecule has 194 valence electrons. The Morgan fingerprint density at radius 1 is 1.08 bits per heavy atom. The molecular weight excluding hydrogens is 456 g/mol. The summed E-state index contributed by atoms with van der Waals surface area (Å²) in [6.45, 7) is 12.4. The van der Waals surface area contributed by atoms with Gasteiger partial charge in [0.05, 0.1) is 25.3 Å². The van der Waals surface area contributed by atoms with Gasteiger partial charge in [-0.1, -0.05) is 26.0 Å². The highest BCUT2D eigenvalue weighted by Crippen LogP contribution is 2.41. The number of benzene rings is 2. The Morgan fingerprint density at radius 3 is 2.25 bits per heavy atom. The van der Waals surface area contributed by atoms with Gasteiger partial charge in [-0.2, -0.15) is 0 Å². The van der Waals surface area contributed by atoms with Crippen molar-refractivity contribution in [2.45, 2.75) is 46.6 Å². The Bertz CT molecular complexity index is 1130. The van der Waals surface area contributed by atoms with Gasteiger partial charge in [0.15, 0.2) is 0 Å². The summed E-state index contributed by atoms with van der Waals surface area (Å²) in [5, 5.41) is 11.6. The van der Waals surface area contributed by atoms with Gasteiger partial charge in [0, 0.05) is 38.0 Å². The number of likely N-dealkylation sites (tertiary alicyclic amines) is 1. The molecule has 2 aromatic rings. The Hall–Kier alpha value is -3.32. The van der Waals surface area contributed by atoms with E-state index in [-0.39, 0.29) is 30.4 Å². The van der Waals surface area contributed by atoms with Crippen molar-refractivity contribution in [3.8, 4) is 5.75 Å². The van der Waals surface area contributed by atoms with Crippen molar-refractivity contribution in [1.82, 2.24) is 4.90 Å². The molecule has 1 saturated heterocycles. The number of methoxy groups -OCH3 is 2. The number of Topliss-reactive ketones (excluding diaryl/α,β-unsaturated/α-hetero) is 1. The Kier molecular flexibility index (Phi) is 8.79. The zero-order valence-corrected chi connectivity index (χ0v) is 22.4. The molecule has 1 N–H and O–H groups in total. The van der Waals surface area contributed by atoms with Crippen LogP contribution in [0.1, 0.15) is 61.9 Å². The molecule has 3 rings (SSSR count). The van der Waals surface area contributed by atoms with E-state index < -0.39 is 17.7 Å². The van der Waals surface area contributed by atoms with Crippen LogP contribution in [0.3, 0.4) is 0 Å². The molecule has 7 nitrogen and oxygen atoms in total. The molecule has 0 aliphatic carbocycles. The lowest BCUT2D eigenvalue weighted by atomic mass is 9.91. The number of rotatable bonds is 10. The smallest absolute Gasteiger partial charge is 0.295 e. The molecule has 1 heterocycles. The summed E-state index contributed by atoms with van der Waals surface area (Å²) in [6, 6.07) is 10.9. The van der Waals surface area contributed by atoms with Crippen LogP contribution in [0.2, 0.25) is 0 Å². The Balaban J connectivity index is 2.20. The highest BCUT2D eigenvalue weighted by molar-refractivity contribution is 6.46. The molecule has 0 aromatic heterocycles. The molecule has 2 aromatic carbocycles. The van der Waals surface area contributed by atoms with E-state index in [0.717, 1.165) is 41.2 Å². The molecule has 1 unspecified atom stereocenters. The Morgan fingerprint density at radius 2 is 1.72 bits per heavy atom. The van der Waals surface area contributed by atoms with E-state index in [2.05, 4.69) is 18.7 Å². The molecule has 0 radical (unpaired) electrons. The van der Waals surface area contributed by atoms with Gasteiger partial charge < -0.3 is 24.4 Å². The van der Waals surface area contributed by atoms with Crippen LogP contribution in [0.5, 0.6) is 5.75 Å². The van der Waals surface area contributed by atoms with Crippen LogP contribution in [-0.2, 0) is 14.3 Å². The minimum atomic E-state index is -0.713. The second-order valence-corrected chi connectivity index (χ2v) is 9.31. The van der Waals surface area contributed by atoms with E-state index in [4.69, 9.17) is 9.47 Å². The third-order valence-electron chi connectivity index (χ3n) is 6.87. The largest absolute Gasteiger partial charge is 0.507 e. The van der Waals surface area contributed by atoms with Gasteiger partial charge in [-0.15, -0.1) is 0 Å². The number of aliphatic hydroxyl groups is 1. The first-order valence-corrected chi connectivity index (χ1v) is 12.5. The maximum atomic E-state index is 13.3. The average Bonchev–Trinajstić information content (AvgIpc) is 3.12. The first-order chi connectivity index (χ1) is 17.2. The number of anilines is 1. The predicted molar refractivity (Wildman–Crippen MR) is 143 cm³/mol. The maximum Gasteiger partial charge on any atom is 0.295 e. The lowest BCUT2D eigenvalue weighted by Gasteiger charge is -2.26. The summed E-state index contributed by atoms with van der Waals surface area (Å²) in [5.74, 6) is -0.639. The fourth-order valence-corrected chi connectivity index (χ4v) is 4.83. The number of ether oxygens (including phenoxy) is 2. The van der Waals surface area contributed by atoms with Crippen molar-refractivity contribution in [3.05, 3.63) is 64.2 Å². The van der Waals surface area contributed by atoms with Crippen molar-refractivity contribution in [3.63, 3.8) is 0 Å². The predicted octanol–water partition coefficient (Wildman–Crippen LogP) is 5.04. The lowest BCUT2D eigenvalue weighted by Crippen LogP contribution is -2.32. The fourth-order valence-electron chi connectivity index (χ4n) is 4.83. The van der Waals surface area contributed by atoms with Gasteiger partial charge in [-0.25, -0.2) is 0 Å². The number of amides is 1. The molecule has 1 atom stereocenters. The van der Waals surface area contributed by atoms with E-state index >= 15 is 0 Å². The summed E-state index contributed by atoms with van der Waals surface area (Å²) in [5.41, 5.74) is 4.11. The fraction of sp³-hybridized carbons (Fsp3) is 0.448. The van der Waals surface area contributed by atoms with Gasteiger partial charge in [0.1, 0.15) is 11.5 Å². The molecule has 1 fully saturated rings. The molecule has 0 spiro atoms. The third-order valence-corrected chi connectivity index (χ3v) is 6.87. The monoisotopic (exact) mass is 494 g/mol. The summed E-state index contributed by atoms with van der Waals surface area (Å²) < 4.78 is 10.8. The molecule has 0 bridgehead atoms. The van der Waals surface area contributed by atoms with Crippen LogP contribution >= 0.6 is 0 Å². The quantitative estimate of drug-likeness (QED) is 0.283. The normalized spacial score (nSPS) is 17.2. The summed E-state index contributed by atoms with van der Waals surface area (Å²) in [7, 11) is 3.17. The van der Waals surface area contributed by atoms with E-state index in [0.29, 0.717) is 5.56 Å². The number of hydrogen-bond donors (Lipinski definition) is 1. The molecule has 1 amide bonds.